The fourth-order valence-electron chi connectivity index (χ4n) is 1.57. The van der Waals surface area contributed by atoms with Crippen LogP contribution in [0.3, 0.4) is 0 Å². The van der Waals surface area contributed by atoms with Gasteiger partial charge in [0, 0.05) is 0 Å². The van der Waals surface area contributed by atoms with Crippen molar-refractivity contribution < 1.29 is 9.47 Å². The van der Waals surface area contributed by atoms with Crippen LogP contribution in [0.2, 0.25) is 0 Å². The molecule has 0 aliphatic carbocycles. The SMILES string of the molecule is CCc1ccc2c(c1)OCCCCO2. The molecule has 14 heavy (non-hydrogen) atoms. The third-order valence-corrected chi connectivity index (χ3v) is 2.47. The summed E-state index contributed by atoms with van der Waals surface area (Å²) in [4.78, 5) is 0. The van der Waals surface area contributed by atoms with Gasteiger partial charge in [0.1, 0.15) is 0 Å². The highest BCUT2D eigenvalue weighted by Crippen LogP contribution is 2.30. The van der Waals surface area contributed by atoms with Gasteiger partial charge in [0.05, 0.1) is 13.2 Å². The lowest BCUT2D eigenvalue weighted by Crippen LogP contribution is -2.08. The number of hydrogen-bond donors (Lipinski definition) is 0. The van der Waals surface area contributed by atoms with Crippen LogP contribution in [0.15, 0.2) is 18.2 Å². The molecule has 0 spiro atoms. The molecule has 2 heteroatoms. The van der Waals surface area contributed by atoms with Gasteiger partial charge in [-0.3, -0.25) is 0 Å². The van der Waals surface area contributed by atoms with Crippen molar-refractivity contribution in [3.05, 3.63) is 23.8 Å². The maximum absolute atomic E-state index is 5.65. The molecule has 0 unspecified atom stereocenters. The second-order valence-corrected chi connectivity index (χ2v) is 3.54. The topological polar surface area (TPSA) is 18.5 Å². The van der Waals surface area contributed by atoms with Crippen LogP contribution in [0.25, 0.3) is 0 Å². The van der Waals surface area contributed by atoms with E-state index in [1.165, 1.54) is 5.56 Å². The summed E-state index contributed by atoms with van der Waals surface area (Å²) in [7, 11) is 0. The Kier molecular flexibility index (Phi) is 2.92. The van der Waals surface area contributed by atoms with E-state index in [4.69, 9.17) is 9.47 Å². The van der Waals surface area contributed by atoms with Gasteiger partial charge in [-0.15, -0.1) is 0 Å². The highest BCUT2D eigenvalue weighted by atomic mass is 16.5. The van der Waals surface area contributed by atoms with Crippen LogP contribution < -0.4 is 9.47 Å². The zero-order valence-electron chi connectivity index (χ0n) is 8.58. The van der Waals surface area contributed by atoms with Crippen LogP contribution in [0.4, 0.5) is 0 Å². The maximum Gasteiger partial charge on any atom is 0.161 e. The van der Waals surface area contributed by atoms with Gasteiger partial charge in [-0.1, -0.05) is 13.0 Å². The molecule has 0 aromatic heterocycles. The van der Waals surface area contributed by atoms with Crippen molar-refractivity contribution in [3.8, 4) is 11.5 Å². The van der Waals surface area contributed by atoms with E-state index in [-0.39, 0.29) is 0 Å². The Balaban J connectivity index is 2.26. The highest BCUT2D eigenvalue weighted by Gasteiger charge is 2.08. The Bertz CT molecular complexity index is 307. The first-order valence-electron chi connectivity index (χ1n) is 5.28. The first-order chi connectivity index (χ1) is 6.90. The van der Waals surface area contributed by atoms with Crippen molar-refractivity contribution in [1.82, 2.24) is 0 Å². The molecule has 76 valence electrons. The molecule has 0 amide bonds. The normalized spacial score (nSPS) is 15.8. The molecule has 0 saturated heterocycles. The monoisotopic (exact) mass is 192 g/mol. The van der Waals surface area contributed by atoms with E-state index in [1.54, 1.807) is 0 Å². The van der Waals surface area contributed by atoms with Crippen LogP contribution in [0.5, 0.6) is 11.5 Å². The Labute approximate surface area is 84.8 Å². The molecule has 0 bridgehead atoms. The van der Waals surface area contributed by atoms with Gasteiger partial charge in [0.25, 0.3) is 0 Å². The minimum absolute atomic E-state index is 0.807. The molecular formula is C12H16O2. The van der Waals surface area contributed by atoms with E-state index in [1.807, 2.05) is 6.07 Å². The van der Waals surface area contributed by atoms with Gasteiger partial charge in [0.2, 0.25) is 0 Å². The number of ether oxygens (including phenoxy) is 2. The van der Waals surface area contributed by atoms with E-state index in [0.29, 0.717) is 0 Å². The van der Waals surface area contributed by atoms with E-state index in [9.17, 15) is 0 Å². The van der Waals surface area contributed by atoms with Gasteiger partial charge >= 0.3 is 0 Å². The predicted octanol–water partition coefficient (Wildman–Crippen LogP) is 2.80. The summed E-state index contributed by atoms with van der Waals surface area (Å²) in [6.07, 6.45) is 3.20. The molecular weight excluding hydrogens is 176 g/mol. The zero-order valence-corrected chi connectivity index (χ0v) is 8.58. The first kappa shape index (κ1) is 9.38. The molecule has 0 radical (unpaired) electrons. The average Bonchev–Trinajstić information content (AvgIpc) is 2.18. The summed E-state index contributed by atoms with van der Waals surface area (Å²) in [6, 6.07) is 6.20. The third kappa shape index (κ3) is 2.00. The minimum atomic E-state index is 0.807. The lowest BCUT2D eigenvalue weighted by molar-refractivity contribution is 0.223. The largest absolute Gasteiger partial charge is 0.490 e. The standard InChI is InChI=1S/C12H16O2/c1-2-10-5-6-11-12(9-10)14-8-4-3-7-13-11/h5-6,9H,2-4,7-8H2,1H3. The fourth-order valence-corrected chi connectivity index (χ4v) is 1.57. The van der Waals surface area contributed by atoms with E-state index >= 15 is 0 Å². The van der Waals surface area contributed by atoms with Gasteiger partial charge < -0.3 is 9.47 Å². The molecule has 0 N–H and O–H groups in total. The Morgan fingerprint density at radius 2 is 1.79 bits per heavy atom. The second-order valence-electron chi connectivity index (χ2n) is 3.54. The molecule has 1 aromatic rings. The minimum Gasteiger partial charge on any atom is -0.490 e. The molecule has 1 aliphatic heterocycles. The molecule has 1 aliphatic rings. The Morgan fingerprint density at radius 1 is 1.07 bits per heavy atom. The summed E-state index contributed by atoms with van der Waals surface area (Å²) in [5.74, 6) is 1.80. The summed E-state index contributed by atoms with van der Waals surface area (Å²) in [5.41, 5.74) is 1.30. The fraction of sp³-hybridized carbons (Fsp3) is 0.500. The maximum atomic E-state index is 5.65. The summed E-state index contributed by atoms with van der Waals surface area (Å²) >= 11 is 0. The molecule has 0 atom stereocenters. The van der Waals surface area contributed by atoms with Crippen molar-refractivity contribution in [2.75, 3.05) is 13.2 Å². The van der Waals surface area contributed by atoms with Gasteiger partial charge in [-0.25, -0.2) is 0 Å². The number of rotatable bonds is 1. The van der Waals surface area contributed by atoms with Crippen molar-refractivity contribution in [2.24, 2.45) is 0 Å². The summed E-state index contributed by atoms with van der Waals surface area (Å²) in [6.45, 7) is 3.76. The Morgan fingerprint density at radius 3 is 2.50 bits per heavy atom. The molecule has 2 rings (SSSR count). The lowest BCUT2D eigenvalue weighted by Gasteiger charge is -2.16. The van der Waals surface area contributed by atoms with Crippen LogP contribution in [-0.4, -0.2) is 13.2 Å². The van der Waals surface area contributed by atoms with Gasteiger partial charge in [-0.05, 0) is 37.0 Å². The van der Waals surface area contributed by atoms with Crippen LogP contribution in [0, 0.1) is 0 Å². The molecule has 2 nitrogen and oxygen atoms in total. The van der Waals surface area contributed by atoms with Crippen LogP contribution >= 0.6 is 0 Å². The van der Waals surface area contributed by atoms with Crippen LogP contribution in [0.1, 0.15) is 25.3 Å². The van der Waals surface area contributed by atoms with Crippen LogP contribution in [-0.2, 0) is 6.42 Å². The number of hydrogen-bond acceptors (Lipinski definition) is 2. The third-order valence-electron chi connectivity index (χ3n) is 2.47. The smallest absolute Gasteiger partial charge is 0.161 e. The van der Waals surface area contributed by atoms with E-state index in [0.717, 1.165) is 44.0 Å². The van der Waals surface area contributed by atoms with Crippen molar-refractivity contribution in [1.29, 1.82) is 0 Å². The first-order valence-corrected chi connectivity index (χ1v) is 5.28. The average molecular weight is 192 g/mol. The van der Waals surface area contributed by atoms with Crippen molar-refractivity contribution >= 4 is 0 Å². The number of benzene rings is 1. The van der Waals surface area contributed by atoms with Crippen molar-refractivity contribution in [2.45, 2.75) is 26.2 Å². The van der Waals surface area contributed by atoms with Gasteiger partial charge in [-0.2, -0.15) is 0 Å². The number of fused-ring (bicyclic) bond motifs is 1. The van der Waals surface area contributed by atoms with Gasteiger partial charge in [0.15, 0.2) is 11.5 Å². The molecule has 0 saturated carbocycles. The summed E-state index contributed by atoms with van der Waals surface area (Å²) in [5, 5.41) is 0. The quantitative estimate of drug-likeness (QED) is 0.681. The highest BCUT2D eigenvalue weighted by molar-refractivity contribution is 5.43. The second kappa shape index (κ2) is 4.36. The number of aryl methyl sites for hydroxylation is 1. The van der Waals surface area contributed by atoms with Crippen molar-refractivity contribution in [3.63, 3.8) is 0 Å². The zero-order chi connectivity index (χ0) is 9.80. The predicted molar refractivity (Wildman–Crippen MR) is 56.0 cm³/mol. The van der Waals surface area contributed by atoms with E-state index < -0.39 is 0 Å². The molecule has 1 aromatic carbocycles. The van der Waals surface area contributed by atoms with E-state index in [2.05, 4.69) is 19.1 Å². The Hall–Kier alpha value is -1.18. The lowest BCUT2D eigenvalue weighted by atomic mass is 10.1. The molecule has 1 heterocycles. The summed E-state index contributed by atoms with van der Waals surface area (Å²) < 4.78 is 11.2. The molecule has 0 fully saturated rings.